The molecule has 22 heavy (non-hydrogen) atoms. The van der Waals surface area contributed by atoms with Crippen LogP contribution in [0.1, 0.15) is 19.0 Å². The van der Waals surface area contributed by atoms with Crippen LogP contribution in [-0.2, 0) is 16.6 Å². The largest absolute Gasteiger partial charge is 0.488 e. The highest BCUT2D eigenvalue weighted by Gasteiger charge is 2.27. The Kier molecular flexibility index (Phi) is 4.85. The highest BCUT2D eigenvalue weighted by molar-refractivity contribution is 5.83. The van der Waals surface area contributed by atoms with Crippen LogP contribution < -0.4 is 15.6 Å². The summed E-state index contributed by atoms with van der Waals surface area (Å²) < 4.78 is 7.35. The van der Waals surface area contributed by atoms with E-state index < -0.39 is 0 Å². The van der Waals surface area contributed by atoms with Gasteiger partial charge in [-0.25, -0.2) is 0 Å². The molecule has 2 amide bonds. The Morgan fingerprint density at radius 2 is 2.14 bits per heavy atom. The van der Waals surface area contributed by atoms with Crippen molar-refractivity contribution >= 4 is 11.8 Å². The van der Waals surface area contributed by atoms with Gasteiger partial charge < -0.3 is 19.5 Å². The normalized spacial score (nSPS) is 17.4. The van der Waals surface area contributed by atoms with Gasteiger partial charge in [0.2, 0.25) is 11.8 Å². The molecule has 1 aliphatic heterocycles. The summed E-state index contributed by atoms with van der Waals surface area (Å²) in [6.07, 6.45) is 0.577. The summed E-state index contributed by atoms with van der Waals surface area (Å²) in [4.78, 5) is 36.1. The molecule has 2 rings (SSSR count). The molecular weight excluding hydrogens is 286 g/mol. The predicted molar refractivity (Wildman–Crippen MR) is 80.7 cm³/mol. The van der Waals surface area contributed by atoms with E-state index in [1.807, 2.05) is 13.0 Å². The van der Waals surface area contributed by atoms with Crippen LogP contribution in [0, 0.1) is 6.92 Å². The number of ether oxygens (including phenoxy) is 1. The summed E-state index contributed by atoms with van der Waals surface area (Å²) in [7, 11) is 1.71. The van der Waals surface area contributed by atoms with Crippen LogP contribution in [0.15, 0.2) is 16.9 Å². The fourth-order valence-corrected chi connectivity index (χ4v) is 2.36. The lowest BCUT2D eigenvalue weighted by Crippen LogP contribution is -2.39. The van der Waals surface area contributed by atoms with Crippen molar-refractivity contribution in [1.29, 1.82) is 0 Å². The molecule has 1 aliphatic rings. The average Bonchev–Trinajstić information content (AvgIpc) is 2.90. The second-order valence-electron chi connectivity index (χ2n) is 5.51. The van der Waals surface area contributed by atoms with Crippen LogP contribution in [0.5, 0.6) is 5.75 Å². The number of hydrogen-bond donors (Lipinski definition) is 1. The first kappa shape index (κ1) is 16.1. The Labute approximate surface area is 128 Å². The molecule has 1 N–H and O–H groups in total. The van der Waals surface area contributed by atoms with Crippen LogP contribution in [0.2, 0.25) is 0 Å². The number of rotatable bonds is 4. The van der Waals surface area contributed by atoms with Crippen molar-refractivity contribution in [3.05, 3.63) is 28.2 Å². The van der Waals surface area contributed by atoms with E-state index >= 15 is 0 Å². The number of nitrogens with one attached hydrogen (secondary N) is 1. The summed E-state index contributed by atoms with van der Waals surface area (Å²) in [6, 6.07) is 3.26. The molecule has 0 aliphatic carbocycles. The van der Waals surface area contributed by atoms with E-state index in [1.165, 1.54) is 13.0 Å². The number of carbonyl (C=O) groups is 2. The maximum absolute atomic E-state index is 11.9. The zero-order valence-electron chi connectivity index (χ0n) is 13.1. The van der Waals surface area contributed by atoms with Crippen molar-refractivity contribution in [2.24, 2.45) is 7.05 Å². The van der Waals surface area contributed by atoms with Crippen LogP contribution in [0.3, 0.4) is 0 Å². The highest BCUT2D eigenvalue weighted by Crippen LogP contribution is 2.18. The second-order valence-corrected chi connectivity index (χ2v) is 5.51. The number of likely N-dealkylation sites (tertiary alicyclic amines) is 1. The van der Waals surface area contributed by atoms with Crippen molar-refractivity contribution in [3.8, 4) is 5.75 Å². The SMILES string of the molecule is CC(=O)NCC(=O)N1CCC(Oc2cc(C)n(C)c(=O)c2)C1. The van der Waals surface area contributed by atoms with Crippen molar-refractivity contribution in [2.45, 2.75) is 26.4 Å². The number of nitrogens with zero attached hydrogens (tertiary/aromatic N) is 2. The predicted octanol–water partition coefficient (Wildman–Crippen LogP) is -0.190. The van der Waals surface area contributed by atoms with E-state index in [0.29, 0.717) is 25.3 Å². The van der Waals surface area contributed by atoms with Gasteiger partial charge in [-0.15, -0.1) is 0 Å². The lowest BCUT2D eigenvalue weighted by atomic mass is 10.3. The van der Waals surface area contributed by atoms with E-state index in [2.05, 4.69) is 5.32 Å². The molecule has 0 bridgehead atoms. The smallest absolute Gasteiger partial charge is 0.254 e. The lowest BCUT2D eigenvalue weighted by Gasteiger charge is -2.17. The van der Waals surface area contributed by atoms with Gasteiger partial charge in [-0.1, -0.05) is 0 Å². The summed E-state index contributed by atoms with van der Waals surface area (Å²) in [5.74, 6) is 0.180. The van der Waals surface area contributed by atoms with Gasteiger partial charge in [0, 0.05) is 38.7 Å². The van der Waals surface area contributed by atoms with E-state index in [0.717, 1.165) is 5.69 Å². The molecule has 0 radical (unpaired) electrons. The number of pyridine rings is 1. The standard InChI is InChI=1S/C15H21N3O4/c1-10-6-13(7-14(20)17(10)3)22-12-4-5-18(9-12)15(21)8-16-11(2)19/h6-7,12H,4-5,8-9H2,1-3H3,(H,16,19). The third kappa shape index (κ3) is 3.87. The fraction of sp³-hybridized carbons (Fsp3) is 0.533. The Morgan fingerprint density at radius 3 is 2.77 bits per heavy atom. The number of carbonyl (C=O) groups excluding carboxylic acids is 2. The molecule has 1 atom stereocenters. The molecule has 7 heteroatoms. The number of hydrogen-bond acceptors (Lipinski definition) is 4. The molecule has 1 saturated heterocycles. The van der Waals surface area contributed by atoms with Crippen LogP contribution >= 0.6 is 0 Å². The summed E-state index contributed by atoms with van der Waals surface area (Å²) >= 11 is 0. The number of amides is 2. The molecule has 120 valence electrons. The first-order valence-corrected chi connectivity index (χ1v) is 7.23. The quantitative estimate of drug-likeness (QED) is 0.836. The van der Waals surface area contributed by atoms with Gasteiger partial charge in [0.1, 0.15) is 11.9 Å². The van der Waals surface area contributed by atoms with Crippen LogP contribution in [0.4, 0.5) is 0 Å². The van der Waals surface area contributed by atoms with Crippen molar-refractivity contribution < 1.29 is 14.3 Å². The Bertz CT molecular complexity index is 638. The van der Waals surface area contributed by atoms with Crippen molar-refractivity contribution in [3.63, 3.8) is 0 Å². The fourth-order valence-electron chi connectivity index (χ4n) is 2.36. The van der Waals surface area contributed by atoms with Gasteiger partial charge in [0.05, 0.1) is 13.1 Å². The highest BCUT2D eigenvalue weighted by atomic mass is 16.5. The Hall–Kier alpha value is -2.31. The van der Waals surface area contributed by atoms with E-state index in [-0.39, 0.29) is 30.0 Å². The monoisotopic (exact) mass is 307 g/mol. The number of aryl methyl sites for hydroxylation is 1. The summed E-state index contributed by atoms with van der Waals surface area (Å²) in [5.41, 5.74) is 0.700. The topological polar surface area (TPSA) is 80.6 Å². The van der Waals surface area contributed by atoms with Crippen molar-refractivity contribution in [2.75, 3.05) is 19.6 Å². The lowest BCUT2D eigenvalue weighted by molar-refractivity contribution is -0.131. The first-order chi connectivity index (χ1) is 10.4. The molecular formula is C15H21N3O4. The first-order valence-electron chi connectivity index (χ1n) is 7.23. The van der Waals surface area contributed by atoms with E-state index in [4.69, 9.17) is 4.74 Å². The minimum absolute atomic E-state index is 0.00699. The number of aromatic nitrogens is 1. The van der Waals surface area contributed by atoms with Crippen LogP contribution in [0.25, 0.3) is 0 Å². The minimum Gasteiger partial charge on any atom is -0.488 e. The zero-order valence-corrected chi connectivity index (χ0v) is 13.1. The molecule has 0 spiro atoms. The molecule has 1 unspecified atom stereocenters. The molecule has 1 aromatic rings. The van der Waals surface area contributed by atoms with E-state index in [1.54, 1.807) is 16.5 Å². The third-order valence-electron chi connectivity index (χ3n) is 3.77. The summed E-state index contributed by atoms with van der Waals surface area (Å²) in [6.45, 7) is 4.28. The molecule has 2 heterocycles. The minimum atomic E-state index is -0.226. The third-order valence-corrected chi connectivity index (χ3v) is 3.77. The average molecular weight is 307 g/mol. The summed E-state index contributed by atoms with van der Waals surface area (Å²) in [5, 5.41) is 2.49. The van der Waals surface area contributed by atoms with Gasteiger partial charge in [-0.2, -0.15) is 0 Å². The van der Waals surface area contributed by atoms with Gasteiger partial charge in [0.15, 0.2) is 0 Å². The maximum Gasteiger partial charge on any atom is 0.254 e. The molecule has 0 saturated carbocycles. The maximum atomic E-state index is 11.9. The second kappa shape index (κ2) is 6.64. The molecule has 7 nitrogen and oxygen atoms in total. The van der Waals surface area contributed by atoms with Crippen molar-refractivity contribution in [1.82, 2.24) is 14.8 Å². The van der Waals surface area contributed by atoms with Gasteiger partial charge >= 0.3 is 0 Å². The van der Waals surface area contributed by atoms with Gasteiger partial charge in [-0.05, 0) is 13.0 Å². The van der Waals surface area contributed by atoms with E-state index in [9.17, 15) is 14.4 Å². The van der Waals surface area contributed by atoms with Gasteiger partial charge in [-0.3, -0.25) is 14.4 Å². The Morgan fingerprint density at radius 1 is 1.41 bits per heavy atom. The van der Waals surface area contributed by atoms with Crippen LogP contribution in [-0.4, -0.2) is 47.0 Å². The molecule has 0 aromatic carbocycles. The zero-order chi connectivity index (χ0) is 16.3. The van der Waals surface area contributed by atoms with Gasteiger partial charge in [0.25, 0.3) is 5.56 Å². The molecule has 1 aromatic heterocycles. The molecule has 1 fully saturated rings. The Balaban J connectivity index is 1.92.